The highest BCUT2D eigenvalue weighted by atomic mass is 16.5. The maximum atomic E-state index is 12.1. The lowest BCUT2D eigenvalue weighted by atomic mass is 9.84. The molecule has 130 valence electrons. The second-order valence-corrected chi connectivity index (χ2v) is 6.27. The van der Waals surface area contributed by atoms with Gasteiger partial charge in [-0.1, -0.05) is 43.5 Å². The Morgan fingerprint density at radius 1 is 1.08 bits per heavy atom. The first kappa shape index (κ1) is 18.2. The number of Topliss-reactive ketones (excluding diaryl/α,β-unsaturated/α-hetero) is 1. The summed E-state index contributed by atoms with van der Waals surface area (Å²) >= 11 is 0. The van der Waals surface area contributed by atoms with Gasteiger partial charge in [0.2, 0.25) is 5.91 Å². The second-order valence-electron chi connectivity index (χ2n) is 6.27. The molecule has 5 heteroatoms. The van der Waals surface area contributed by atoms with Gasteiger partial charge >= 0.3 is 5.97 Å². The fraction of sp³-hybridized carbons (Fsp3) is 0.526. The maximum absolute atomic E-state index is 12.1. The SMILES string of the molecule is CC(=O)NCCC(=O)OCC(=O)c1ccc(C2CCCCC2)cc1. The fourth-order valence-electron chi connectivity index (χ4n) is 3.02. The van der Waals surface area contributed by atoms with Gasteiger partial charge in [-0.25, -0.2) is 0 Å². The summed E-state index contributed by atoms with van der Waals surface area (Å²) in [4.78, 5) is 34.3. The maximum Gasteiger partial charge on any atom is 0.308 e. The van der Waals surface area contributed by atoms with Gasteiger partial charge in [0.1, 0.15) is 0 Å². The van der Waals surface area contributed by atoms with Gasteiger partial charge in [-0.3, -0.25) is 14.4 Å². The first-order chi connectivity index (χ1) is 11.6. The van der Waals surface area contributed by atoms with Crippen molar-refractivity contribution in [2.45, 2.75) is 51.4 Å². The molecule has 5 nitrogen and oxygen atoms in total. The zero-order valence-corrected chi connectivity index (χ0v) is 14.2. The van der Waals surface area contributed by atoms with Crippen molar-refractivity contribution in [3.63, 3.8) is 0 Å². The molecule has 1 saturated carbocycles. The summed E-state index contributed by atoms with van der Waals surface area (Å²) in [6, 6.07) is 7.67. The molecular formula is C19H25NO4. The van der Waals surface area contributed by atoms with Gasteiger partial charge in [0.25, 0.3) is 0 Å². The van der Waals surface area contributed by atoms with E-state index in [9.17, 15) is 14.4 Å². The van der Waals surface area contributed by atoms with Gasteiger partial charge in [0.15, 0.2) is 12.4 Å². The molecule has 1 aliphatic rings. The van der Waals surface area contributed by atoms with Crippen molar-refractivity contribution in [1.29, 1.82) is 0 Å². The minimum atomic E-state index is -0.490. The van der Waals surface area contributed by atoms with Crippen LogP contribution in [0.15, 0.2) is 24.3 Å². The molecule has 0 saturated heterocycles. The number of hydrogen-bond donors (Lipinski definition) is 1. The first-order valence-corrected chi connectivity index (χ1v) is 8.59. The number of nitrogens with one attached hydrogen (secondary N) is 1. The van der Waals surface area contributed by atoms with E-state index in [1.807, 2.05) is 24.3 Å². The summed E-state index contributed by atoms with van der Waals surface area (Å²) < 4.78 is 4.95. The fourth-order valence-corrected chi connectivity index (χ4v) is 3.02. The van der Waals surface area contributed by atoms with Gasteiger partial charge in [-0.2, -0.15) is 0 Å². The number of esters is 1. The largest absolute Gasteiger partial charge is 0.457 e. The Labute approximate surface area is 142 Å². The summed E-state index contributed by atoms with van der Waals surface area (Å²) in [5.41, 5.74) is 1.85. The standard InChI is InChI=1S/C19H25NO4/c1-14(21)20-12-11-19(23)24-13-18(22)17-9-7-16(8-10-17)15-5-3-2-4-6-15/h7-10,15H,2-6,11-13H2,1H3,(H,20,21). The van der Waals surface area contributed by atoms with Crippen LogP contribution in [-0.4, -0.2) is 30.8 Å². The Bertz CT molecular complexity index is 574. The van der Waals surface area contributed by atoms with Crippen molar-refractivity contribution in [3.8, 4) is 0 Å². The van der Waals surface area contributed by atoms with Gasteiger partial charge < -0.3 is 10.1 Å². The molecule has 24 heavy (non-hydrogen) atoms. The van der Waals surface area contributed by atoms with Crippen molar-refractivity contribution in [3.05, 3.63) is 35.4 Å². The Hall–Kier alpha value is -2.17. The predicted molar refractivity (Wildman–Crippen MR) is 90.9 cm³/mol. The third kappa shape index (κ3) is 5.80. The Kier molecular flexibility index (Phi) is 6.97. The summed E-state index contributed by atoms with van der Waals surface area (Å²) in [7, 11) is 0. The number of carbonyl (C=O) groups is 3. The first-order valence-electron chi connectivity index (χ1n) is 8.59. The van der Waals surface area contributed by atoms with Crippen molar-refractivity contribution in [1.82, 2.24) is 5.32 Å². The molecule has 0 bridgehead atoms. The van der Waals surface area contributed by atoms with E-state index in [2.05, 4.69) is 5.32 Å². The lowest BCUT2D eigenvalue weighted by Crippen LogP contribution is -2.24. The molecule has 0 unspecified atom stereocenters. The van der Waals surface area contributed by atoms with E-state index in [4.69, 9.17) is 4.74 Å². The Morgan fingerprint density at radius 3 is 2.38 bits per heavy atom. The van der Waals surface area contributed by atoms with Crippen molar-refractivity contribution >= 4 is 17.7 Å². The molecular weight excluding hydrogens is 306 g/mol. The molecule has 0 spiro atoms. The summed E-state index contributed by atoms with van der Waals surface area (Å²) in [5.74, 6) is -0.291. The van der Waals surface area contributed by atoms with E-state index >= 15 is 0 Å². The van der Waals surface area contributed by atoms with Crippen LogP contribution in [-0.2, 0) is 14.3 Å². The molecule has 1 aromatic rings. The lowest BCUT2D eigenvalue weighted by molar-refractivity contribution is -0.142. The Morgan fingerprint density at radius 2 is 1.75 bits per heavy atom. The average molecular weight is 331 g/mol. The lowest BCUT2D eigenvalue weighted by Gasteiger charge is -2.22. The van der Waals surface area contributed by atoms with Crippen molar-refractivity contribution in [2.24, 2.45) is 0 Å². The van der Waals surface area contributed by atoms with Crippen LogP contribution < -0.4 is 5.32 Å². The highest BCUT2D eigenvalue weighted by molar-refractivity contribution is 5.98. The zero-order valence-electron chi connectivity index (χ0n) is 14.2. The van der Waals surface area contributed by atoms with Crippen LogP contribution >= 0.6 is 0 Å². The van der Waals surface area contributed by atoms with Crippen LogP contribution in [0.5, 0.6) is 0 Å². The third-order valence-electron chi connectivity index (χ3n) is 4.38. The summed E-state index contributed by atoms with van der Waals surface area (Å²) in [6.07, 6.45) is 6.38. The van der Waals surface area contributed by atoms with E-state index in [-0.39, 0.29) is 31.3 Å². The van der Waals surface area contributed by atoms with Crippen molar-refractivity contribution < 1.29 is 19.1 Å². The monoisotopic (exact) mass is 331 g/mol. The molecule has 2 rings (SSSR count). The number of ether oxygens (including phenoxy) is 1. The molecule has 1 aromatic carbocycles. The topological polar surface area (TPSA) is 72.5 Å². The number of rotatable bonds is 7. The van der Waals surface area contributed by atoms with Gasteiger partial charge in [-0.15, -0.1) is 0 Å². The van der Waals surface area contributed by atoms with Crippen LogP contribution in [0.1, 0.15) is 67.3 Å². The normalized spacial score (nSPS) is 14.9. The molecule has 1 fully saturated rings. The zero-order chi connectivity index (χ0) is 17.4. The van der Waals surface area contributed by atoms with Crippen molar-refractivity contribution in [2.75, 3.05) is 13.2 Å². The number of hydrogen-bond acceptors (Lipinski definition) is 4. The van der Waals surface area contributed by atoms with E-state index in [1.54, 1.807) is 0 Å². The van der Waals surface area contributed by atoms with Crippen LogP contribution in [0.3, 0.4) is 0 Å². The summed E-state index contributed by atoms with van der Waals surface area (Å²) in [6.45, 7) is 1.34. The van der Waals surface area contributed by atoms with Crippen LogP contribution in [0.25, 0.3) is 0 Å². The smallest absolute Gasteiger partial charge is 0.308 e. The van der Waals surface area contributed by atoms with Gasteiger partial charge in [0, 0.05) is 19.0 Å². The van der Waals surface area contributed by atoms with Crippen LogP contribution in [0.4, 0.5) is 0 Å². The molecule has 0 aromatic heterocycles. The average Bonchev–Trinajstić information content (AvgIpc) is 2.60. The van der Waals surface area contributed by atoms with Gasteiger partial charge in [-0.05, 0) is 24.3 Å². The summed E-state index contributed by atoms with van der Waals surface area (Å²) in [5, 5.41) is 2.51. The number of carbonyl (C=O) groups excluding carboxylic acids is 3. The van der Waals surface area contributed by atoms with E-state index in [0.29, 0.717) is 11.5 Å². The molecule has 1 aliphatic carbocycles. The molecule has 0 radical (unpaired) electrons. The Balaban J connectivity index is 1.77. The third-order valence-corrected chi connectivity index (χ3v) is 4.38. The highest BCUT2D eigenvalue weighted by Gasteiger charge is 2.16. The minimum absolute atomic E-state index is 0.0630. The molecule has 1 amide bonds. The molecule has 0 aliphatic heterocycles. The highest BCUT2D eigenvalue weighted by Crippen LogP contribution is 2.32. The van der Waals surface area contributed by atoms with E-state index in [1.165, 1.54) is 44.6 Å². The number of amides is 1. The predicted octanol–water partition coefficient (Wildman–Crippen LogP) is 2.99. The molecule has 0 atom stereocenters. The minimum Gasteiger partial charge on any atom is -0.457 e. The number of benzene rings is 1. The van der Waals surface area contributed by atoms with E-state index in [0.717, 1.165) is 0 Å². The van der Waals surface area contributed by atoms with Gasteiger partial charge in [0.05, 0.1) is 6.42 Å². The van der Waals surface area contributed by atoms with Crippen LogP contribution in [0, 0.1) is 0 Å². The second kappa shape index (κ2) is 9.21. The molecule has 0 heterocycles. The van der Waals surface area contributed by atoms with E-state index < -0.39 is 5.97 Å². The quantitative estimate of drug-likeness (QED) is 0.616. The van der Waals surface area contributed by atoms with Crippen LogP contribution in [0.2, 0.25) is 0 Å². The molecule has 1 N–H and O–H groups in total. The number of ketones is 1.